The maximum atomic E-state index is 11.0. The Bertz CT molecular complexity index is 267. The van der Waals surface area contributed by atoms with Gasteiger partial charge in [0, 0.05) is 0 Å². The summed E-state index contributed by atoms with van der Waals surface area (Å²) in [6.07, 6.45) is 1.02. The first-order valence-corrected chi connectivity index (χ1v) is 5.07. The van der Waals surface area contributed by atoms with Gasteiger partial charge >= 0.3 is 0 Å². The fourth-order valence-electron chi connectivity index (χ4n) is 1.64. The quantitative estimate of drug-likeness (QED) is 0.665. The maximum Gasteiger partial charge on any atom is 0.141 e. The molecule has 0 saturated heterocycles. The van der Waals surface area contributed by atoms with Crippen LogP contribution >= 0.6 is 0 Å². The van der Waals surface area contributed by atoms with Crippen LogP contribution in [0.15, 0.2) is 30.3 Å². The number of rotatable bonds is 5. The molecular weight excluding hydrogens is 174 g/mol. The highest BCUT2D eigenvalue weighted by molar-refractivity contribution is 5.61. The van der Waals surface area contributed by atoms with Crippen LogP contribution in [0.2, 0.25) is 0 Å². The molecule has 0 aromatic heterocycles. The van der Waals surface area contributed by atoms with E-state index in [4.69, 9.17) is 0 Å². The third-order valence-electron chi connectivity index (χ3n) is 2.48. The number of nitrogens with zero attached hydrogens (tertiary/aromatic N) is 1. The van der Waals surface area contributed by atoms with E-state index in [-0.39, 0.29) is 6.04 Å². The van der Waals surface area contributed by atoms with Crippen molar-refractivity contribution in [2.75, 3.05) is 13.1 Å². The Morgan fingerprint density at radius 3 is 2.21 bits per heavy atom. The molecule has 0 amide bonds. The highest BCUT2D eigenvalue weighted by atomic mass is 16.1. The van der Waals surface area contributed by atoms with Crippen molar-refractivity contribution in [3.63, 3.8) is 0 Å². The molecule has 0 aliphatic carbocycles. The van der Waals surface area contributed by atoms with E-state index in [1.165, 1.54) is 0 Å². The Hall–Kier alpha value is -1.15. The van der Waals surface area contributed by atoms with Crippen molar-refractivity contribution in [3.8, 4) is 0 Å². The van der Waals surface area contributed by atoms with Gasteiger partial charge in [0.1, 0.15) is 6.29 Å². The second-order valence-corrected chi connectivity index (χ2v) is 3.21. The molecule has 0 aliphatic rings. The van der Waals surface area contributed by atoms with Gasteiger partial charge in [-0.25, -0.2) is 0 Å². The molecule has 1 rings (SSSR count). The molecule has 2 nitrogen and oxygen atoms in total. The molecule has 1 atom stereocenters. The molecule has 1 aromatic rings. The summed E-state index contributed by atoms with van der Waals surface area (Å²) in [4.78, 5) is 13.2. The zero-order valence-electron chi connectivity index (χ0n) is 8.81. The van der Waals surface area contributed by atoms with Gasteiger partial charge in [-0.05, 0) is 18.7 Å². The predicted octanol–water partition coefficient (Wildman–Crippen LogP) is 2.27. The van der Waals surface area contributed by atoms with Crippen LogP contribution in [-0.2, 0) is 4.79 Å². The lowest BCUT2D eigenvalue weighted by atomic mass is 10.1. The lowest BCUT2D eigenvalue weighted by Crippen LogP contribution is -2.29. The SMILES string of the molecule is CCN(CC)[C@H](C=O)c1ccccc1. The van der Waals surface area contributed by atoms with Gasteiger partial charge in [0.05, 0.1) is 6.04 Å². The van der Waals surface area contributed by atoms with Crippen LogP contribution in [0.4, 0.5) is 0 Å². The molecule has 0 fully saturated rings. The molecule has 0 N–H and O–H groups in total. The Kier molecular flexibility index (Phi) is 4.33. The summed E-state index contributed by atoms with van der Waals surface area (Å²) in [5.41, 5.74) is 1.08. The summed E-state index contributed by atoms with van der Waals surface area (Å²) in [6.45, 7) is 5.94. The Morgan fingerprint density at radius 1 is 1.21 bits per heavy atom. The minimum Gasteiger partial charge on any atom is -0.301 e. The van der Waals surface area contributed by atoms with E-state index in [9.17, 15) is 4.79 Å². The van der Waals surface area contributed by atoms with Gasteiger partial charge in [0.2, 0.25) is 0 Å². The van der Waals surface area contributed by atoms with Crippen LogP contribution in [0.25, 0.3) is 0 Å². The fourth-order valence-corrected chi connectivity index (χ4v) is 1.64. The summed E-state index contributed by atoms with van der Waals surface area (Å²) < 4.78 is 0. The van der Waals surface area contributed by atoms with E-state index in [1.807, 2.05) is 30.3 Å². The minimum absolute atomic E-state index is 0.0915. The molecule has 0 spiro atoms. The smallest absolute Gasteiger partial charge is 0.141 e. The van der Waals surface area contributed by atoms with Gasteiger partial charge in [-0.1, -0.05) is 44.2 Å². The van der Waals surface area contributed by atoms with Gasteiger partial charge in [-0.15, -0.1) is 0 Å². The van der Waals surface area contributed by atoms with Gasteiger partial charge in [0.15, 0.2) is 0 Å². The van der Waals surface area contributed by atoms with Crippen LogP contribution in [0.1, 0.15) is 25.5 Å². The predicted molar refractivity (Wildman–Crippen MR) is 58.2 cm³/mol. The molecule has 0 heterocycles. The molecule has 76 valence electrons. The van der Waals surface area contributed by atoms with Gasteiger partial charge in [0.25, 0.3) is 0 Å². The topological polar surface area (TPSA) is 20.3 Å². The summed E-state index contributed by atoms with van der Waals surface area (Å²) in [7, 11) is 0. The molecule has 2 heteroatoms. The Labute approximate surface area is 85.5 Å². The van der Waals surface area contributed by atoms with Crippen LogP contribution in [0, 0.1) is 0 Å². The number of hydrogen-bond acceptors (Lipinski definition) is 2. The average molecular weight is 191 g/mol. The monoisotopic (exact) mass is 191 g/mol. The number of carbonyl (C=O) groups is 1. The minimum atomic E-state index is -0.0915. The standard InChI is InChI=1S/C12H17NO/c1-3-13(4-2)12(10-14)11-8-6-5-7-9-11/h5-10,12H,3-4H2,1-2H3/t12-/m1/s1. The second-order valence-electron chi connectivity index (χ2n) is 3.21. The largest absolute Gasteiger partial charge is 0.301 e. The van der Waals surface area contributed by atoms with E-state index in [2.05, 4.69) is 18.7 Å². The van der Waals surface area contributed by atoms with Gasteiger partial charge in [-0.3, -0.25) is 4.90 Å². The molecule has 0 saturated carbocycles. The van der Waals surface area contributed by atoms with Crippen molar-refractivity contribution >= 4 is 6.29 Å². The second kappa shape index (κ2) is 5.55. The normalized spacial score (nSPS) is 12.8. The Morgan fingerprint density at radius 2 is 1.79 bits per heavy atom. The van der Waals surface area contributed by atoms with E-state index in [0.717, 1.165) is 24.9 Å². The average Bonchev–Trinajstić information content (AvgIpc) is 2.27. The van der Waals surface area contributed by atoms with E-state index in [0.29, 0.717) is 0 Å². The number of carbonyl (C=O) groups excluding carboxylic acids is 1. The van der Waals surface area contributed by atoms with Crippen molar-refractivity contribution in [1.82, 2.24) is 4.90 Å². The first-order chi connectivity index (χ1) is 6.83. The molecular formula is C12H17NO. The highest BCUT2D eigenvalue weighted by Gasteiger charge is 2.15. The van der Waals surface area contributed by atoms with E-state index >= 15 is 0 Å². The van der Waals surface area contributed by atoms with Crippen molar-refractivity contribution < 1.29 is 4.79 Å². The third-order valence-corrected chi connectivity index (χ3v) is 2.48. The molecule has 0 unspecified atom stereocenters. The van der Waals surface area contributed by atoms with Crippen LogP contribution < -0.4 is 0 Å². The first-order valence-electron chi connectivity index (χ1n) is 5.07. The summed E-state index contributed by atoms with van der Waals surface area (Å²) in [5.74, 6) is 0. The molecule has 0 radical (unpaired) electrons. The number of hydrogen-bond donors (Lipinski definition) is 0. The van der Waals surface area contributed by atoms with Crippen LogP contribution in [-0.4, -0.2) is 24.3 Å². The first kappa shape index (κ1) is 10.9. The highest BCUT2D eigenvalue weighted by Crippen LogP contribution is 2.17. The third kappa shape index (κ3) is 2.42. The van der Waals surface area contributed by atoms with Crippen LogP contribution in [0.5, 0.6) is 0 Å². The zero-order valence-corrected chi connectivity index (χ0v) is 8.81. The van der Waals surface area contributed by atoms with Gasteiger partial charge in [-0.2, -0.15) is 0 Å². The molecule has 0 bridgehead atoms. The number of aldehydes is 1. The maximum absolute atomic E-state index is 11.0. The molecule has 14 heavy (non-hydrogen) atoms. The lowest BCUT2D eigenvalue weighted by molar-refractivity contribution is -0.112. The van der Waals surface area contributed by atoms with Gasteiger partial charge < -0.3 is 4.79 Å². The van der Waals surface area contributed by atoms with E-state index in [1.54, 1.807) is 0 Å². The zero-order chi connectivity index (χ0) is 10.4. The number of benzene rings is 1. The molecule has 1 aromatic carbocycles. The fraction of sp³-hybridized carbons (Fsp3) is 0.417. The Balaban J connectivity index is 2.86. The van der Waals surface area contributed by atoms with Crippen LogP contribution in [0.3, 0.4) is 0 Å². The molecule has 0 aliphatic heterocycles. The van der Waals surface area contributed by atoms with Crippen molar-refractivity contribution in [2.24, 2.45) is 0 Å². The summed E-state index contributed by atoms with van der Waals surface area (Å²) in [6, 6.07) is 9.80. The summed E-state index contributed by atoms with van der Waals surface area (Å²) in [5, 5.41) is 0. The lowest BCUT2D eigenvalue weighted by Gasteiger charge is -2.25. The van der Waals surface area contributed by atoms with Crippen molar-refractivity contribution in [1.29, 1.82) is 0 Å². The van der Waals surface area contributed by atoms with E-state index < -0.39 is 0 Å². The summed E-state index contributed by atoms with van der Waals surface area (Å²) >= 11 is 0. The van der Waals surface area contributed by atoms with Crippen molar-refractivity contribution in [2.45, 2.75) is 19.9 Å². The number of likely N-dealkylation sites (N-methyl/N-ethyl adjacent to an activating group) is 1. The van der Waals surface area contributed by atoms with Crippen molar-refractivity contribution in [3.05, 3.63) is 35.9 Å².